The van der Waals surface area contributed by atoms with Crippen LogP contribution in [-0.2, 0) is 0 Å². The van der Waals surface area contributed by atoms with E-state index in [0.29, 0.717) is 17.9 Å². The van der Waals surface area contributed by atoms with Gasteiger partial charge in [0.05, 0.1) is 12.1 Å². The molecule has 66 valence electrons. The Bertz CT molecular complexity index is 289. The van der Waals surface area contributed by atoms with Crippen molar-refractivity contribution in [2.75, 3.05) is 13.6 Å². The lowest BCUT2D eigenvalue weighted by Gasteiger charge is -1.95. The number of likely N-dealkylation sites (N-methyl/N-ethyl adjacent to an activating group) is 1. The molecule has 0 aromatic carbocycles. The van der Waals surface area contributed by atoms with Crippen molar-refractivity contribution in [3.63, 3.8) is 0 Å². The van der Waals surface area contributed by atoms with Crippen LogP contribution in [0.1, 0.15) is 21.9 Å². The number of carbonyl (C=O) groups is 1. The summed E-state index contributed by atoms with van der Waals surface area (Å²) < 4.78 is 5.23. The number of nitrogens with one attached hydrogen (secondary N) is 1. The number of furan rings is 1. The van der Waals surface area contributed by atoms with Gasteiger partial charge in [-0.15, -0.1) is 0 Å². The molecule has 0 aliphatic heterocycles. The molecule has 1 aromatic rings. The highest BCUT2D eigenvalue weighted by atomic mass is 16.3. The van der Waals surface area contributed by atoms with Crippen molar-refractivity contribution in [1.29, 1.82) is 0 Å². The van der Waals surface area contributed by atoms with Gasteiger partial charge >= 0.3 is 0 Å². The lowest BCUT2D eigenvalue weighted by Crippen LogP contribution is -2.18. The molecule has 0 aliphatic carbocycles. The summed E-state index contributed by atoms with van der Waals surface area (Å²) in [6, 6.07) is 1.77. The van der Waals surface area contributed by atoms with Gasteiger partial charge in [-0.1, -0.05) is 0 Å². The van der Waals surface area contributed by atoms with Crippen LogP contribution >= 0.6 is 0 Å². The number of carbonyl (C=O) groups excluding carboxylic acids is 1. The van der Waals surface area contributed by atoms with Gasteiger partial charge in [0.15, 0.2) is 5.78 Å². The minimum Gasteiger partial charge on any atom is -0.466 e. The van der Waals surface area contributed by atoms with E-state index in [1.165, 1.54) is 0 Å². The van der Waals surface area contributed by atoms with Gasteiger partial charge in [0, 0.05) is 0 Å². The molecule has 12 heavy (non-hydrogen) atoms. The van der Waals surface area contributed by atoms with Crippen molar-refractivity contribution in [1.82, 2.24) is 5.32 Å². The molecule has 0 atom stereocenters. The molecule has 0 saturated carbocycles. The Morgan fingerprint density at radius 1 is 1.58 bits per heavy atom. The van der Waals surface area contributed by atoms with Crippen LogP contribution in [0, 0.1) is 13.8 Å². The third-order valence-electron chi connectivity index (χ3n) is 1.68. The summed E-state index contributed by atoms with van der Waals surface area (Å²) >= 11 is 0. The Hall–Kier alpha value is -1.09. The minimum absolute atomic E-state index is 0.0758. The molecular formula is C9H13NO2. The number of hydrogen-bond donors (Lipinski definition) is 1. The fourth-order valence-electron chi connectivity index (χ4n) is 1.16. The smallest absolute Gasteiger partial charge is 0.180 e. The zero-order valence-electron chi connectivity index (χ0n) is 7.60. The summed E-state index contributed by atoms with van der Waals surface area (Å²) in [6.45, 7) is 4.00. The van der Waals surface area contributed by atoms with Gasteiger partial charge in [-0.2, -0.15) is 0 Å². The van der Waals surface area contributed by atoms with Crippen molar-refractivity contribution in [2.45, 2.75) is 13.8 Å². The average Bonchev–Trinajstić information content (AvgIpc) is 2.30. The average molecular weight is 167 g/mol. The van der Waals surface area contributed by atoms with E-state index in [4.69, 9.17) is 4.42 Å². The maximum absolute atomic E-state index is 11.4. The van der Waals surface area contributed by atoms with Crippen molar-refractivity contribution in [3.05, 3.63) is 23.2 Å². The normalized spacial score (nSPS) is 10.2. The Kier molecular flexibility index (Phi) is 2.65. The van der Waals surface area contributed by atoms with E-state index in [-0.39, 0.29) is 5.78 Å². The predicted octanol–water partition coefficient (Wildman–Crippen LogP) is 1.30. The summed E-state index contributed by atoms with van der Waals surface area (Å²) in [6.07, 6.45) is 0. The molecule has 3 nitrogen and oxygen atoms in total. The van der Waals surface area contributed by atoms with Crippen LogP contribution in [0.3, 0.4) is 0 Å². The zero-order valence-corrected chi connectivity index (χ0v) is 7.60. The molecule has 3 heteroatoms. The van der Waals surface area contributed by atoms with Crippen LogP contribution in [0.5, 0.6) is 0 Å². The molecule has 0 bridgehead atoms. The first kappa shape index (κ1) is 9.00. The molecule has 0 unspecified atom stereocenters. The van der Waals surface area contributed by atoms with E-state index in [9.17, 15) is 4.79 Å². The van der Waals surface area contributed by atoms with Crippen molar-refractivity contribution in [2.24, 2.45) is 0 Å². The number of ketones is 1. The molecule has 0 aliphatic rings. The highest BCUT2D eigenvalue weighted by molar-refractivity contribution is 5.98. The monoisotopic (exact) mass is 167 g/mol. The van der Waals surface area contributed by atoms with E-state index in [2.05, 4.69) is 5.32 Å². The number of Topliss-reactive ketones (excluding diaryl/α,β-unsaturated/α-hetero) is 1. The first-order chi connectivity index (χ1) is 5.65. The van der Waals surface area contributed by atoms with E-state index in [1.54, 1.807) is 20.0 Å². The largest absolute Gasteiger partial charge is 0.466 e. The van der Waals surface area contributed by atoms with Crippen LogP contribution in [0.15, 0.2) is 10.5 Å². The summed E-state index contributed by atoms with van der Waals surface area (Å²) in [5, 5.41) is 2.81. The first-order valence-corrected chi connectivity index (χ1v) is 3.90. The topological polar surface area (TPSA) is 42.2 Å². The van der Waals surface area contributed by atoms with Crippen LogP contribution in [0.25, 0.3) is 0 Å². The van der Waals surface area contributed by atoms with Crippen molar-refractivity contribution >= 4 is 5.78 Å². The highest BCUT2D eigenvalue weighted by Crippen LogP contribution is 2.13. The van der Waals surface area contributed by atoms with Gasteiger partial charge in [0.2, 0.25) is 0 Å². The molecule has 0 amide bonds. The third-order valence-corrected chi connectivity index (χ3v) is 1.68. The van der Waals surface area contributed by atoms with E-state index in [0.717, 1.165) is 5.76 Å². The molecule has 0 saturated heterocycles. The lowest BCUT2D eigenvalue weighted by molar-refractivity contribution is 0.0992. The fourth-order valence-corrected chi connectivity index (χ4v) is 1.16. The van der Waals surface area contributed by atoms with Crippen LogP contribution < -0.4 is 5.32 Å². The Morgan fingerprint density at radius 3 is 2.67 bits per heavy atom. The van der Waals surface area contributed by atoms with Gasteiger partial charge in [-0.05, 0) is 27.0 Å². The fraction of sp³-hybridized carbons (Fsp3) is 0.444. The quantitative estimate of drug-likeness (QED) is 0.690. The van der Waals surface area contributed by atoms with Gasteiger partial charge in [-0.3, -0.25) is 4.79 Å². The van der Waals surface area contributed by atoms with Crippen LogP contribution in [0.4, 0.5) is 0 Å². The molecule has 0 radical (unpaired) electrons. The number of hydrogen-bond acceptors (Lipinski definition) is 3. The van der Waals surface area contributed by atoms with Crippen molar-refractivity contribution < 1.29 is 9.21 Å². The Balaban J connectivity index is 2.87. The van der Waals surface area contributed by atoms with Crippen molar-refractivity contribution in [3.8, 4) is 0 Å². The molecule has 1 rings (SSSR count). The summed E-state index contributed by atoms with van der Waals surface area (Å²) in [5.41, 5.74) is 0.682. The second-order valence-corrected chi connectivity index (χ2v) is 2.78. The van der Waals surface area contributed by atoms with Crippen LogP contribution in [0.2, 0.25) is 0 Å². The maximum Gasteiger partial charge on any atom is 0.180 e. The number of aryl methyl sites for hydroxylation is 2. The molecule has 1 N–H and O–H groups in total. The van der Waals surface area contributed by atoms with E-state index < -0.39 is 0 Å². The van der Waals surface area contributed by atoms with Gasteiger partial charge < -0.3 is 9.73 Å². The standard InChI is InChI=1S/C9H13NO2/c1-6-4-8(7(2)12-6)9(11)5-10-3/h4,10H,5H2,1-3H3. The summed E-state index contributed by atoms with van der Waals surface area (Å²) in [5.74, 6) is 1.56. The van der Waals surface area contributed by atoms with Gasteiger partial charge in [0.25, 0.3) is 0 Å². The van der Waals surface area contributed by atoms with E-state index >= 15 is 0 Å². The molecule has 0 spiro atoms. The SMILES string of the molecule is CNCC(=O)c1cc(C)oc1C. The molecular weight excluding hydrogens is 154 g/mol. The summed E-state index contributed by atoms with van der Waals surface area (Å²) in [4.78, 5) is 11.4. The Labute approximate surface area is 71.8 Å². The third kappa shape index (κ3) is 1.74. The highest BCUT2D eigenvalue weighted by Gasteiger charge is 2.11. The van der Waals surface area contributed by atoms with Gasteiger partial charge in [0.1, 0.15) is 11.5 Å². The molecule has 0 fully saturated rings. The lowest BCUT2D eigenvalue weighted by atomic mass is 10.1. The van der Waals surface area contributed by atoms with Gasteiger partial charge in [-0.25, -0.2) is 0 Å². The summed E-state index contributed by atoms with van der Waals surface area (Å²) in [7, 11) is 1.75. The van der Waals surface area contributed by atoms with E-state index in [1.807, 2.05) is 6.92 Å². The first-order valence-electron chi connectivity index (χ1n) is 3.90. The number of rotatable bonds is 3. The molecule has 1 heterocycles. The maximum atomic E-state index is 11.4. The zero-order chi connectivity index (χ0) is 9.14. The second-order valence-electron chi connectivity index (χ2n) is 2.78. The Morgan fingerprint density at radius 2 is 2.25 bits per heavy atom. The minimum atomic E-state index is 0.0758. The second kappa shape index (κ2) is 3.54. The van der Waals surface area contributed by atoms with Crippen LogP contribution in [-0.4, -0.2) is 19.4 Å². The predicted molar refractivity (Wildman–Crippen MR) is 46.4 cm³/mol. The molecule has 1 aromatic heterocycles.